The third-order valence-electron chi connectivity index (χ3n) is 2.80. The average molecular weight is 282 g/mol. The normalized spacial score (nSPS) is 12.6. The van der Waals surface area contributed by atoms with E-state index >= 15 is 0 Å². The van der Waals surface area contributed by atoms with Gasteiger partial charge in [-0.05, 0) is 30.9 Å². The minimum atomic E-state index is 0.176. The molecule has 18 heavy (non-hydrogen) atoms. The van der Waals surface area contributed by atoms with Crippen molar-refractivity contribution in [1.29, 1.82) is 0 Å². The van der Waals surface area contributed by atoms with E-state index in [9.17, 15) is 5.11 Å². The largest absolute Gasteiger partial charge is 0.506 e. The first-order valence-corrected chi connectivity index (χ1v) is 7.14. The van der Waals surface area contributed by atoms with Gasteiger partial charge in [0.1, 0.15) is 5.75 Å². The van der Waals surface area contributed by atoms with Crippen LogP contribution in [0.2, 0.25) is 5.02 Å². The molecule has 1 aromatic heterocycles. The van der Waals surface area contributed by atoms with Gasteiger partial charge in [-0.3, -0.25) is 0 Å². The van der Waals surface area contributed by atoms with E-state index < -0.39 is 0 Å². The SMILES string of the molecule is CC(Cc1cccs1)NCc1cccc(Cl)c1O. The Hall–Kier alpha value is -1.03. The van der Waals surface area contributed by atoms with E-state index in [0.29, 0.717) is 17.6 Å². The molecule has 1 aromatic carbocycles. The van der Waals surface area contributed by atoms with Gasteiger partial charge >= 0.3 is 0 Å². The fourth-order valence-electron chi connectivity index (χ4n) is 1.79. The molecule has 0 spiro atoms. The van der Waals surface area contributed by atoms with Crippen molar-refractivity contribution < 1.29 is 5.11 Å². The number of hydrogen-bond donors (Lipinski definition) is 2. The van der Waals surface area contributed by atoms with E-state index in [0.717, 1.165) is 12.0 Å². The maximum Gasteiger partial charge on any atom is 0.138 e. The number of aromatic hydroxyl groups is 1. The Labute approximate surface area is 116 Å². The van der Waals surface area contributed by atoms with Crippen molar-refractivity contribution in [2.24, 2.45) is 0 Å². The highest BCUT2D eigenvalue weighted by atomic mass is 35.5. The van der Waals surface area contributed by atoms with E-state index in [1.54, 1.807) is 17.4 Å². The molecule has 1 unspecified atom stereocenters. The maximum absolute atomic E-state index is 9.80. The Bertz CT molecular complexity index is 499. The second kappa shape index (κ2) is 6.23. The van der Waals surface area contributed by atoms with Crippen LogP contribution >= 0.6 is 22.9 Å². The molecule has 1 heterocycles. The van der Waals surface area contributed by atoms with Crippen molar-refractivity contribution in [2.75, 3.05) is 0 Å². The fraction of sp³-hybridized carbons (Fsp3) is 0.286. The quantitative estimate of drug-likeness (QED) is 0.873. The van der Waals surface area contributed by atoms with Crippen molar-refractivity contribution in [2.45, 2.75) is 25.9 Å². The van der Waals surface area contributed by atoms with E-state index in [2.05, 4.69) is 29.8 Å². The van der Waals surface area contributed by atoms with Crippen LogP contribution in [0, 0.1) is 0 Å². The van der Waals surface area contributed by atoms with Crippen LogP contribution in [0.5, 0.6) is 5.75 Å². The number of halogens is 1. The van der Waals surface area contributed by atoms with E-state index in [-0.39, 0.29) is 5.75 Å². The van der Waals surface area contributed by atoms with Gasteiger partial charge in [-0.2, -0.15) is 0 Å². The molecule has 96 valence electrons. The number of thiophene rings is 1. The third kappa shape index (κ3) is 3.48. The van der Waals surface area contributed by atoms with Gasteiger partial charge in [0.2, 0.25) is 0 Å². The first-order valence-electron chi connectivity index (χ1n) is 5.89. The first-order chi connectivity index (χ1) is 8.66. The van der Waals surface area contributed by atoms with Crippen molar-refractivity contribution in [3.05, 3.63) is 51.2 Å². The summed E-state index contributed by atoms with van der Waals surface area (Å²) in [6, 6.07) is 9.99. The molecule has 0 amide bonds. The number of rotatable bonds is 5. The summed E-state index contributed by atoms with van der Waals surface area (Å²) >= 11 is 7.64. The summed E-state index contributed by atoms with van der Waals surface area (Å²) in [5.74, 6) is 0.176. The lowest BCUT2D eigenvalue weighted by atomic mass is 10.1. The highest BCUT2D eigenvalue weighted by Gasteiger charge is 2.08. The van der Waals surface area contributed by atoms with E-state index in [1.807, 2.05) is 12.1 Å². The van der Waals surface area contributed by atoms with Crippen LogP contribution in [0.25, 0.3) is 0 Å². The monoisotopic (exact) mass is 281 g/mol. The Morgan fingerprint density at radius 2 is 2.17 bits per heavy atom. The van der Waals surface area contributed by atoms with Crippen molar-refractivity contribution in [3.8, 4) is 5.75 Å². The molecule has 0 fully saturated rings. The van der Waals surface area contributed by atoms with E-state index in [1.165, 1.54) is 4.88 Å². The Balaban J connectivity index is 1.89. The fourth-order valence-corrected chi connectivity index (χ4v) is 2.82. The zero-order valence-corrected chi connectivity index (χ0v) is 11.8. The zero-order valence-electron chi connectivity index (χ0n) is 10.2. The van der Waals surface area contributed by atoms with Crippen LogP contribution in [-0.4, -0.2) is 11.1 Å². The summed E-state index contributed by atoms with van der Waals surface area (Å²) in [6.07, 6.45) is 0.999. The zero-order chi connectivity index (χ0) is 13.0. The first kappa shape index (κ1) is 13.4. The third-order valence-corrected chi connectivity index (χ3v) is 4.00. The number of phenols is 1. The molecular weight excluding hydrogens is 266 g/mol. The van der Waals surface area contributed by atoms with Crippen LogP contribution in [0.1, 0.15) is 17.4 Å². The number of para-hydroxylation sites is 1. The summed E-state index contributed by atoms with van der Waals surface area (Å²) in [5, 5.41) is 15.7. The number of nitrogens with one attached hydrogen (secondary N) is 1. The smallest absolute Gasteiger partial charge is 0.138 e. The maximum atomic E-state index is 9.80. The molecule has 0 aliphatic heterocycles. The standard InChI is InChI=1S/C14H16ClNOS/c1-10(8-12-5-3-7-18-12)16-9-11-4-2-6-13(15)14(11)17/h2-7,10,16-17H,8-9H2,1H3. The lowest BCUT2D eigenvalue weighted by Gasteiger charge is -2.14. The summed E-state index contributed by atoms with van der Waals surface area (Å²) in [7, 11) is 0. The minimum absolute atomic E-state index is 0.176. The van der Waals surface area contributed by atoms with Crippen molar-refractivity contribution in [3.63, 3.8) is 0 Å². The van der Waals surface area contributed by atoms with Crippen molar-refractivity contribution >= 4 is 22.9 Å². The van der Waals surface area contributed by atoms with Gasteiger partial charge in [-0.25, -0.2) is 0 Å². The average Bonchev–Trinajstić information content (AvgIpc) is 2.84. The van der Waals surface area contributed by atoms with Gasteiger partial charge in [0, 0.05) is 23.0 Å². The van der Waals surface area contributed by atoms with Gasteiger partial charge in [-0.15, -0.1) is 11.3 Å². The van der Waals surface area contributed by atoms with Gasteiger partial charge in [0.15, 0.2) is 0 Å². The molecule has 0 aliphatic carbocycles. The molecule has 4 heteroatoms. The molecule has 0 saturated heterocycles. The van der Waals surface area contributed by atoms with Crippen LogP contribution in [-0.2, 0) is 13.0 Å². The molecule has 2 rings (SSSR count). The summed E-state index contributed by atoms with van der Waals surface area (Å²) in [4.78, 5) is 1.37. The summed E-state index contributed by atoms with van der Waals surface area (Å²) < 4.78 is 0. The number of hydrogen-bond acceptors (Lipinski definition) is 3. The van der Waals surface area contributed by atoms with Gasteiger partial charge in [0.25, 0.3) is 0 Å². The van der Waals surface area contributed by atoms with Gasteiger partial charge in [0.05, 0.1) is 5.02 Å². The Morgan fingerprint density at radius 1 is 1.33 bits per heavy atom. The summed E-state index contributed by atoms with van der Waals surface area (Å²) in [5.41, 5.74) is 0.834. The van der Waals surface area contributed by atoms with Gasteiger partial charge in [-0.1, -0.05) is 29.8 Å². The highest BCUT2D eigenvalue weighted by molar-refractivity contribution is 7.09. The van der Waals surface area contributed by atoms with Gasteiger partial charge < -0.3 is 10.4 Å². The molecular formula is C14H16ClNOS. The van der Waals surface area contributed by atoms with Crippen LogP contribution in [0.4, 0.5) is 0 Å². The highest BCUT2D eigenvalue weighted by Crippen LogP contribution is 2.26. The summed E-state index contributed by atoms with van der Waals surface area (Å²) in [6.45, 7) is 2.76. The van der Waals surface area contributed by atoms with E-state index in [4.69, 9.17) is 11.6 Å². The molecule has 0 radical (unpaired) electrons. The van der Waals surface area contributed by atoms with Crippen LogP contribution in [0.15, 0.2) is 35.7 Å². The number of benzene rings is 1. The predicted molar refractivity (Wildman–Crippen MR) is 77.4 cm³/mol. The second-order valence-corrected chi connectivity index (χ2v) is 5.75. The predicted octanol–water partition coefficient (Wildman–Crippen LogP) is 3.83. The molecule has 0 aliphatic rings. The molecule has 0 bridgehead atoms. The lowest BCUT2D eigenvalue weighted by Crippen LogP contribution is -2.27. The van der Waals surface area contributed by atoms with Crippen LogP contribution in [0.3, 0.4) is 0 Å². The molecule has 1 atom stereocenters. The molecule has 2 N–H and O–H groups in total. The second-order valence-electron chi connectivity index (χ2n) is 4.31. The molecule has 2 aromatic rings. The Kier molecular flexibility index (Phi) is 4.64. The van der Waals surface area contributed by atoms with Crippen LogP contribution < -0.4 is 5.32 Å². The Morgan fingerprint density at radius 3 is 2.89 bits per heavy atom. The topological polar surface area (TPSA) is 32.3 Å². The molecule has 0 saturated carbocycles. The number of phenolic OH excluding ortho intramolecular Hbond substituents is 1. The minimum Gasteiger partial charge on any atom is -0.506 e. The lowest BCUT2D eigenvalue weighted by molar-refractivity contribution is 0.459. The molecule has 2 nitrogen and oxygen atoms in total. The van der Waals surface area contributed by atoms with Crippen molar-refractivity contribution in [1.82, 2.24) is 5.32 Å².